The highest BCUT2D eigenvalue weighted by atomic mass is 35.5. The summed E-state index contributed by atoms with van der Waals surface area (Å²) in [5, 5.41) is 10.3. The van der Waals surface area contributed by atoms with Crippen molar-refractivity contribution in [3.05, 3.63) is 66.8 Å². The molecule has 0 saturated carbocycles. The second-order valence-electron chi connectivity index (χ2n) is 7.46. The summed E-state index contributed by atoms with van der Waals surface area (Å²) < 4.78 is 4.20. The lowest BCUT2D eigenvalue weighted by Gasteiger charge is -2.08. The molecule has 2 aromatic rings. The molecule has 0 radical (unpaired) electrons. The summed E-state index contributed by atoms with van der Waals surface area (Å²) in [5.74, 6) is 1.18. The van der Waals surface area contributed by atoms with Crippen LogP contribution in [0.2, 0.25) is 0 Å². The Hall–Kier alpha value is -1.58. The highest BCUT2D eigenvalue weighted by molar-refractivity contribution is 5.13. The summed E-state index contributed by atoms with van der Waals surface area (Å²) >= 11 is 0. The van der Waals surface area contributed by atoms with Gasteiger partial charge in [-0.25, -0.2) is 9.13 Å². The van der Waals surface area contributed by atoms with E-state index in [1.807, 2.05) is 16.8 Å². The van der Waals surface area contributed by atoms with Gasteiger partial charge in [-0.2, -0.15) is 0 Å². The number of aromatic nitrogens is 2. The van der Waals surface area contributed by atoms with Gasteiger partial charge >= 0.3 is 0 Å². The van der Waals surface area contributed by atoms with Crippen LogP contribution in [-0.2, 0) is 13.0 Å². The molecule has 0 aliphatic rings. The number of nitrogens with zero attached hydrogens (tertiary/aromatic N) is 2. The van der Waals surface area contributed by atoms with Crippen LogP contribution in [0.1, 0.15) is 82.3 Å². The summed E-state index contributed by atoms with van der Waals surface area (Å²) in [4.78, 5) is 0. The highest BCUT2D eigenvalue weighted by Gasteiger charge is 2.20. The quantitative estimate of drug-likeness (QED) is 0.292. The van der Waals surface area contributed by atoms with E-state index in [2.05, 4.69) is 48.5 Å². The van der Waals surface area contributed by atoms with Crippen LogP contribution in [0.5, 0.6) is 0 Å². The van der Waals surface area contributed by atoms with Crippen molar-refractivity contribution >= 4 is 0 Å². The summed E-state index contributed by atoms with van der Waals surface area (Å²) in [7, 11) is 0. The average molecular weight is 405 g/mol. The lowest BCUT2D eigenvalue weighted by molar-refractivity contribution is -0.695. The zero-order chi connectivity index (χ0) is 19.3. The topological polar surface area (TPSA) is 29.0 Å². The second-order valence-corrected chi connectivity index (χ2v) is 7.46. The van der Waals surface area contributed by atoms with Crippen molar-refractivity contribution in [1.82, 2.24) is 4.57 Å². The van der Waals surface area contributed by atoms with Crippen molar-refractivity contribution in [2.45, 2.75) is 83.9 Å². The number of aliphatic hydroxyl groups is 1. The van der Waals surface area contributed by atoms with Crippen LogP contribution >= 0.6 is 0 Å². The van der Waals surface area contributed by atoms with Gasteiger partial charge in [-0.3, -0.25) is 0 Å². The fourth-order valence-corrected chi connectivity index (χ4v) is 3.62. The number of imidazole rings is 1. The van der Waals surface area contributed by atoms with Gasteiger partial charge in [0.1, 0.15) is 18.9 Å². The van der Waals surface area contributed by atoms with Gasteiger partial charge in [0.05, 0.1) is 0 Å². The second kappa shape index (κ2) is 14.4. The largest absolute Gasteiger partial charge is 1.00 e. The van der Waals surface area contributed by atoms with Gasteiger partial charge < -0.3 is 17.5 Å². The molecule has 1 atom stereocenters. The third-order valence-electron chi connectivity index (χ3n) is 5.23. The standard InChI is InChI=1S/C24H37N2O.ClH/c1-3-5-6-7-8-9-10-11-15-18-23-25(19-20-26(23)24(27)4-2)21-22-16-13-12-14-17-22;/h4,12-14,16-17,19-20,24,27H,2-3,5-11,15,18,21H2,1H3;1H/q+1;/p-1. The monoisotopic (exact) mass is 404 g/mol. The lowest BCUT2D eigenvalue weighted by Crippen LogP contribution is -3.00. The Bertz CT molecular complexity index is 654. The smallest absolute Gasteiger partial charge is 0.259 e. The number of aliphatic hydroxyl groups excluding tert-OH is 1. The minimum atomic E-state index is -0.657. The van der Waals surface area contributed by atoms with E-state index >= 15 is 0 Å². The van der Waals surface area contributed by atoms with Crippen LogP contribution in [-0.4, -0.2) is 9.67 Å². The van der Waals surface area contributed by atoms with Crippen molar-refractivity contribution in [3.63, 3.8) is 0 Å². The SMILES string of the molecule is C=CC(O)n1cc[n+](Cc2ccccc2)c1CCCCCCCCCCC.[Cl-]. The Labute approximate surface area is 177 Å². The van der Waals surface area contributed by atoms with Crippen molar-refractivity contribution in [3.8, 4) is 0 Å². The number of hydrogen-bond donors (Lipinski definition) is 1. The van der Waals surface area contributed by atoms with E-state index < -0.39 is 6.23 Å². The van der Waals surface area contributed by atoms with Gasteiger partial charge in [-0.1, -0.05) is 95.2 Å². The van der Waals surface area contributed by atoms with E-state index in [1.54, 1.807) is 6.08 Å². The van der Waals surface area contributed by atoms with Gasteiger partial charge in [-0.05, 0) is 18.1 Å². The Balaban J connectivity index is 0.00000392. The van der Waals surface area contributed by atoms with Crippen LogP contribution in [0, 0.1) is 0 Å². The summed E-state index contributed by atoms with van der Waals surface area (Å²) in [5.41, 5.74) is 1.28. The van der Waals surface area contributed by atoms with Gasteiger partial charge in [0.25, 0.3) is 5.82 Å². The Kier molecular flexibility index (Phi) is 12.6. The molecule has 0 amide bonds. The van der Waals surface area contributed by atoms with Crippen LogP contribution in [0.3, 0.4) is 0 Å². The van der Waals surface area contributed by atoms with Crippen molar-refractivity contribution in [2.24, 2.45) is 0 Å². The van der Waals surface area contributed by atoms with Crippen molar-refractivity contribution < 1.29 is 22.1 Å². The molecule has 4 heteroatoms. The molecule has 0 fully saturated rings. The maximum atomic E-state index is 10.3. The Morgan fingerprint density at radius 1 is 1.00 bits per heavy atom. The normalized spacial score (nSPS) is 11.8. The fourth-order valence-electron chi connectivity index (χ4n) is 3.62. The molecule has 2 rings (SSSR count). The fraction of sp³-hybridized carbons (Fsp3) is 0.542. The third kappa shape index (κ3) is 8.20. The molecule has 1 heterocycles. The van der Waals surface area contributed by atoms with Gasteiger partial charge in [-0.15, -0.1) is 0 Å². The number of halogens is 1. The van der Waals surface area contributed by atoms with E-state index in [9.17, 15) is 5.11 Å². The molecule has 0 spiro atoms. The molecule has 0 aliphatic carbocycles. The molecular weight excluding hydrogens is 368 g/mol. The van der Waals surface area contributed by atoms with Gasteiger partial charge in [0.15, 0.2) is 0 Å². The maximum absolute atomic E-state index is 10.3. The van der Waals surface area contributed by atoms with E-state index in [0.29, 0.717) is 0 Å². The first-order valence-electron chi connectivity index (χ1n) is 10.7. The Morgan fingerprint density at radius 2 is 1.61 bits per heavy atom. The average Bonchev–Trinajstić information content (AvgIpc) is 3.09. The van der Waals surface area contributed by atoms with Gasteiger partial charge in [0, 0.05) is 6.42 Å². The first-order valence-corrected chi connectivity index (χ1v) is 10.7. The number of hydrogen-bond acceptors (Lipinski definition) is 1. The van der Waals surface area contributed by atoms with Crippen molar-refractivity contribution in [2.75, 3.05) is 0 Å². The van der Waals surface area contributed by atoms with E-state index in [-0.39, 0.29) is 12.4 Å². The van der Waals surface area contributed by atoms with E-state index in [1.165, 1.54) is 62.8 Å². The van der Waals surface area contributed by atoms with Crippen LogP contribution in [0.25, 0.3) is 0 Å². The molecule has 1 unspecified atom stereocenters. The van der Waals surface area contributed by atoms with Crippen LogP contribution in [0.15, 0.2) is 55.4 Å². The first kappa shape index (κ1) is 24.5. The van der Waals surface area contributed by atoms with Crippen LogP contribution < -0.4 is 17.0 Å². The maximum Gasteiger partial charge on any atom is 0.259 e. The Morgan fingerprint density at radius 3 is 2.21 bits per heavy atom. The summed E-state index contributed by atoms with van der Waals surface area (Å²) in [6, 6.07) is 10.5. The molecule has 156 valence electrons. The molecule has 3 nitrogen and oxygen atoms in total. The predicted octanol–water partition coefficient (Wildman–Crippen LogP) is 2.58. The number of rotatable bonds is 14. The van der Waals surface area contributed by atoms with Gasteiger partial charge in [0.2, 0.25) is 6.23 Å². The summed E-state index contributed by atoms with van der Waals surface area (Å²) in [6.45, 7) is 6.85. The zero-order valence-corrected chi connectivity index (χ0v) is 18.2. The predicted molar refractivity (Wildman–Crippen MR) is 113 cm³/mol. The minimum absolute atomic E-state index is 0. The summed E-state index contributed by atoms with van der Waals surface area (Å²) in [6.07, 6.45) is 17.9. The van der Waals surface area contributed by atoms with Crippen LogP contribution in [0.4, 0.5) is 0 Å². The first-order chi connectivity index (χ1) is 13.3. The molecule has 0 bridgehead atoms. The molecule has 28 heavy (non-hydrogen) atoms. The molecule has 1 aromatic carbocycles. The molecular formula is C24H37ClN2O. The lowest BCUT2D eigenvalue weighted by atomic mass is 10.1. The van der Waals surface area contributed by atoms with E-state index in [0.717, 1.165) is 19.4 Å². The molecule has 1 aromatic heterocycles. The molecule has 1 N–H and O–H groups in total. The third-order valence-corrected chi connectivity index (χ3v) is 5.23. The van der Waals surface area contributed by atoms with Crippen molar-refractivity contribution in [1.29, 1.82) is 0 Å². The minimum Gasteiger partial charge on any atom is -1.00 e. The van der Waals surface area contributed by atoms with E-state index in [4.69, 9.17) is 0 Å². The number of unbranched alkanes of at least 4 members (excludes halogenated alkanes) is 8. The highest BCUT2D eigenvalue weighted by Crippen LogP contribution is 2.14. The number of benzene rings is 1. The zero-order valence-electron chi connectivity index (χ0n) is 17.4. The molecule has 0 saturated heterocycles. The molecule has 0 aliphatic heterocycles.